The van der Waals surface area contributed by atoms with Gasteiger partial charge in [0.2, 0.25) is 17.6 Å². The van der Waals surface area contributed by atoms with Crippen LogP contribution in [0.15, 0.2) is 70.2 Å². The summed E-state index contributed by atoms with van der Waals surface area (Å²) in [6.07, 6.45) is 1.44. The van der Waals surface area contributed by atoms with E-state index in [0.717, 1.165) is 16.5 Å². The number of hydrogen-bond acceptors (Lipinski definition) is 6. The van der Waals surface area contributed by atoms with Crippen LogP contribution in [0.4, 0.5) is 0 Å². The van der Waals surface area contributed by atoms with E-state index in [0.29, 0.717) is 16.9 Å². The van der Waals surface area contributed by atoms with Gasteiger partial charge in [-0.25, -0.2) is 4.98 Å². The van der Waals surface area contributed by atoms with Crippen LogP contribution in [0.2, 0.25) is 0 Å². The number of nitrogens with zero attached hydrogens (tertiary/aromatic N) is 5. The summed E-state index contributed by atoms with van der Waals surface area (Å²) in [7, 11) is 0. The second-order valence-corrected chi connectivity index (χ2v) is 6.82. The number of aromatic nitrogens is 5. The third-order valence-electron chi connectivity index (χ3n) is 4.85. The molecule has 30 heavy (non-hydrogen) atoms. The largest absolute Gasteiger partial charge is 0.368 e. The van der Waals surface area contributed by atoms with E-state index in [1.807, 2.05) is 54.6 Å². The first kappa shape index (κ1) is 17.8. The Hall–Kier alpha value is -4.27. The van der Waals surface area contributed by atoms with Crippen LogP contribution in [-0.4, -0.2) is 30.2 Å². The van der Waals surface area contributed by atoms with Gasteiger partial charge in [0.1, 0.15) is 24.1 Å². The molecular weight excluding hydrogens is 384 g/mol. The summed E-state index contributed by atoms with van der Waals surface area (Å²) in [5, 5.41) is 4.76. The fraction of sp³-hybridized carbons (Fsp3) is 0.0952. The molecule has 9 nitrogen and oxygen atoms in total. The molecule has 5 rings (SSSR count). The number of carbonyl (C=O) groups excluding carboxylic acids is 1. The molecule has 0 atom stereocenters. The molecule has 2 N–H and O–H groups in total. The first-order valence-corrected chi connectivity index (χ1v) is 9.24. The summed E-state index contributed by atoms with van der Waals surface area (Å²) < 4.78 is 8.29. The summed E-state index contributed by atoms with van der Waals surface area (Å²) in [5.41, 5.74) is 7.45. The predicted molar refractivity (Wildman–Crippen MR) is 110 cm³/mol. The molecule has 0 saturated heterocycles. The van der Waals surface area contributed by atoms with Gasteiger partial charge < -0.3 is 14.8 Å². The van der Waals surface area contributed by atoms with Crippen molar-refractivity contribution in [1.82, 2.24) is 24.3 Å². The third-order valence-corrected chi connectivity index (χ3v) is 4.85. The minimum atomic E-state index is -0.545. The van der Waals surface area contributed by atoms with Crippen LogP contribution in [0.3, 0.4) is 0 Å². The Morgan fingerprint density at radius 1 is 1.07 bits per heavy atom. The van der Waals surface area contributed by atoms with Gasteiger partial charge >= 0.3 is 0 Å². The Balaban J connectivity index is 1.60. The van der Waals surface area contributed by atoms with Gasteiger partial charge in [0.15, 0.2) is 0 Å². The Morgan fingerprint density at radius 3 is 2.63 bits per heavy atom. The number of nitrogens with two attached hydrogens (primary N) is 1. The fourth-order valence-corrected chi connectivity index (χ4v) is 3.55. The summed E-state index contributed by atoms with van der Waals surface area (Å²) in [6.45, 7) is -0.0661. The normalized spacial score (nSPS) is 11.3. The first-order valence-electron chi connectivity index (χ1n) is 9.24. The van der Waals surface area contributed by atoms with Gasteiger partial charge in [-0.1, -0.05) is 53.7 Å². The summed E-state index contributed by atoms with van der Waals surface area (Å²) in [4.78, 5) is 33.7. The van der Waals surface area contributed by atoms with Gasteiger partial charge in [-0.15, -0.1) is 0 Å². The number of benzene rings is 2. The standard InChI is InChI=1S/C21H16N6O3/c22-16(28)10-27-15-9-5-4-8-14(15)18-19(27)21(29)26(12-23-18)11-17-24-20(25-30-17)13-6-2-1-3-7-13/h1-9,12H,10-11H2,(H2,22,28). The molecule has 5 aromatic rings. The number of amides is 1. The average molecular weight is 400 g/mol. The van der Waals surface area contributed by atoms with Crippen LogP contribution in [-0.2, 0) is 17.9 Å². The van der Waals surface area contributed by atoms with Crippen molar-refractivity contribution in [3.63, 3.8) is 0 Å². The zero-order chi connectivity index (χ0) is 20.7. The van der Waals surface area contributed by atoms with E-state index in [4.69, 9.17) is 10.3 Å². The average Bonchev–Trinajstić information content (AvgIpc) is 3.34. The smallest absolute Gasteiger partial charge is 0.278 e. The van der Waals surface area contributed by atoms with E-state index in [2.05, 4.69) is 15.1 Å². The highest BCUT2D eigenvalue weighted by atomic mass is 16.5. The quantitative estimate of drug-likeness (QED) is 0.481. The van der Waals surface area contributed by atoms with E-state index < -0.39 is 5.91 Å². The highest BCUT2D eigenvalue weighted by Crippen LogP contribution is 2.25. The van der Waals surface area contributed by atoms with Crippen LogP contribution in [0.25, 0.3) is 33.3 Å². The highest BCUT2D eigenvalue weighted by Gasteiger charge is 2.18. The molecule has 0 unspecified atom stereocenters. The Bertz CT molecular complexity index is 1450. The molecule has 3 aromatic heterocycles. The van der Waals surface area contributed by atoms with Crippen LogP contribution in [0.5, 0.6) is 0 Å². The molecule has 2 aromatic carbocycles. The van der Waals surface area contributed by atoms with E-state index in [1.165, 1.54) is 10.9 Å². The molecule has 0 aliphatic heterocycles. The molecule has 0 aliphatic rings. The Morgan fingerprint density at radius 2 is 1.83 bits per heavy atom. The van der Waals surface area contributed by atoms with Crippen molar-refractivity contribution in [3.05, 3.63) is 77.2 Å². The van der Waals surface area contributed by atoms with E-state index >= 15 is 0 Å². The topological polar surface area (TPSA) is 122 Å². The molecule has 0 spiro atoms. The number of carbonyl (C=O) groups is 1. The van der Waals surface area contributed by atoms with Crippen molar-refractivity contribution >= 4 is 27.8 Å². The monoisotopic (exact) mass is 400 g/mol. The maximum absolute atomic E-state index is 13.2. The van der Waals surface area contributed by atoms with Gasteiger partial charge in [0.25, 0.3) is 5.56 Å². The molecule has 148 valence electrons. The molecule has 0 radical (unpaired) electrons. The Kier molecular flexibility index (Phi) is 4.13. The molecule has 9 heteroatoms. The fourth-order valence-electron chi connectivity index (χ4n) is 3.55. The summed E-state index contributed by atoms with van der Waals surface area (Å²) in [5.74, 6) is 0.169. The van der Waals surface area contributed by atoms with Crippen LogP contribution in [0, 0.1) is 0 Å². The third kappa shape index (κ3) is 2.93. The van der Waals surface area contributed by atoms with E-state index in [9.17, 15) is 9.59 Å². The SMILES string of the molecule is NC(=O)Cn1c2ccccc2c2ncn(Cc3nc(-c4ccccc4)no3)c(=O)c21. The van der Waals surface area contributed by atoms with Gasteiger partial charge in [-0.2, -0.15) is 4.98 Å². The van der Waals surface area contributed by atoms with E-state index in [-0.39, 0.29) is 24.5 Å². The van der Waals surface area contributed by atoms with Gasteiger partial charge in [0, 0.05) is 10.9 Å². The summed E-state index contributed by atoms with van der Waals surface area (Å²) in [6, 6.07) is 16.8. The molecule has 3 heterocycles. The predicted octanol–water partition coefficient (Wildman–Crippen LogP) is 1.93. The van der Waals surface area contributed by atoms with Gasteiger partial charge in [-0.05, 0) is 6.07 Å². The maximum atomic E-state index is 13.2. The second-order valence-electron chi connectivity index (χ2n) is 6.82. The molecule has 0 bridgehead atoms. The lowest BCUT2D eigenvalue weighted by atomic mass is 10.2. The second kappa shape index (κ2) is 6.96. The lowest BCUT2D eigenvalue weighted by Gasteiger charge is -2.05. The maximum Gasteiger partial charge on any atom is 0.278 e. The molecule has 1 amide bonds. The minimum Gasteiger partial charge on any atom is -0.368 e. The number of rotatable bonds is 5. The zero-order valence-electron chi connectivity index (χ0n) is 15.7. The molecule has 0 saturated carbocycles. The van der Waals surface area contributed by atoms with Crippen molar-refractivity contribution in [2.24, 2.45) is 5.73 Å². The van der Waals surface area contributed by atoms with Crippen molar-refractivity contribution in [3.8, 4) is 11.4 Å². The van der Waals surface area contributed by atoms with Crippen LogP contribution in [0.1, 0.15) is 5.89 Å². The number of para-hydroxylation sites is 1. The number of fused-ring (bicyclic) bond motifs is 3. The van der Waals surface area contributed by atoms with Crippen LogP contribution >= 0.6 is 0 Å². The highest BCUT2D eigenvalue weighted by molar-refractivity contribution is 6.05. The lowest BCUT2D eigenvalue weighted by Crippen LogP contribution is -2.25. The first-order chi connectivity index (χ1) is 14.6. The minimum absolute atomic E-state index is 0.0553. The molecule has 0 aliphatic carbocycles. The van der Waals surface area contributed by atoms with Crippen molar-refractivity contribution < 1.29 is 9.32 Å². The van der Waals surface area contributed by atoms with Crippen molar-refractivity contribution in [2.75, 3.05) is 0 Å². The van der Waals surface area contributed by atoms with Gasteiger partial charge in [0.05, 0.1) is 11.8 Å². The zero-order valence-corrected chi connectivity index (χ0v) is 15.7. The number of hydrogen-bond donors (Lipinski definition) is 1. The van der Waals surface area contributed by atoms with Gasteiger partial charge in [-0.3, -0.25) is 14.2 Å². The van der Waals surface area contributed by atoms with Crippen LogP contribution < -0.4 is 11.3 Å². The number of primary amides is 1. The van der Waals surface area contributed by atoms with Crippen molar-refractivity contribution in [1.29, 1.82) is 0 Å². The molecular formula is C21H16N6O3. The van der Waals surface area contributed by atoms with E-state index in [1.54, 1.807) is 4.57 Å². The molecule has 0 fully saturated rings. The Labute approximate surface area is 169 Å². The lowest BCUT2D eigenvalue weighted by molar-refractivity contribution is -0.118. The van der Waals surface area contributed by atoms with Crippen molar-refractivity contribution in [2.45, 2.75) is 13.1 Å². The summed E-state index contributed by atoms with van der Waals surface area (Å²) >= 11 is 0.